The molecule has 0 bridgehead atoms. The van der Waals surface area contributed by atoms with Gasteiger partial charge in [0.05, 0.1) is 11.4 Å². The third-order valence-electron chi connectivity index (χ3n) is 3.79. The molecule has 0 radical (unpaired) electrons. The van der Waals surface area contributed by atoms with Gasteiger partial charge in [-0.2, -0.15) is 0 Å². The van der Waals surface area contributed by atoms with Crippen molar-refractivity contribution in [2.75, 3.05) is 11.1 Å². The number of nitrogen functional groups attached to an aromatic ring is 1. The Bertz CT molecular complexity index is 623. The second-order valence-corrected chi connectivity index (χ2v) is 7.57. The van der Waals surface area contributed by atoms with E-state index in [1.807, 2.05) is 0 Å². The van der Waals surface area contributed by atoms with Gasteiger partial charge in [0.25, 0.3) is 0 Å². The summed E-state index contributed by atoms with van der Waals surface area (Å²) in [6.07, 6.45) is 2.39. The minimum absolute atomic E-state index is 0.438. The maximum absolute atomic E-state index is 6.24. The van der Waals surface area contributed by atoms with Crippen LogP contribution in [0.25, 0.3) is 11.1 Å². The molecule has 0 aliphatic heterocycles. The van der Waals surface area contributed by atoms with Crippen LogP contribution in [-0.2, 0) is 0 Å². The van der Waals surface area contributed by atoms with E-state index >= 15 is 0 Å². The Morgan fingerprint density at radius 2 is 1.73 bits per heavy atom. The molecule has 0 heterocycles. The summed E-state index contributed by atoms with van der Waals surface area (Å²) in [6.45, 7) is 6.74. The average Bonchev–Trinajstić information content (AvgIpc) is 2.47. The van der Waals surface area contributed by atoms with E-state index in [9.17, 15) is 0 Å². The Balaban J connectivity index is 2.09. The number of nitrogens with two attached hydrogens (primary N) is 1. The first-order valence-electron chi connectivity index (χ1n) is 7.87. The molecule has 0 aliphatic rings. The number of hydrogen-bond donors (Lipinski definition) is 2. The zero-order valence-corrected chi connectivity index (χ0v) is 15.7. The van der Waals surface area contributed by atoms with Crippen molar-refractivity contribution >= 4 is 34.0 Å². The molecule has 2 nitrogen and oxygen atoms in total. The van der Waals surface area contributed by atoms with Gasteiger partial charge in [0.2, 0.25) is 0 Å². The molecule has 3 heteroatoms. The second kappa shape index (κ2) is 7.86. The van der Waals surface area contributed by atoms with Crippen LogP contribution in [0.4, 0.5) is 11.4 Å². The van der Waals surface area contributed by atoms with Crippen LogP contribution in [0.1, 0.15) is 33.6 Å². The number of benzene rings is 2. The molecule has 2 rings (SSSR count). The standard InChI is InChI=1S/C19H25IN2/c1-13(2)7-8-14(3)22-19-10-9-16(12-18(19)21)15-5-4-6-17(20)11-15/h4-6,9-14,22H,7-8,21H2,1-3H3/t14-/m0/s1. The van der Waals surface area contributed by atoms with Crippen LogP contribution < -0.4 is 11.1 Å². The fourth-order valence-corrected chi connectivity index (χ4v) is 3.01. The normalized spacial score (nSPS) is 12.4. The predicted molar refractivity (Wildman–Crippen MR) is 106 cm³/mol. The molecule has 1 atom stereocenters. The quantitative estimate of drug-likeness (QED) is 0.470. The molecule has 118 valence electrons. The largest absolute Gasteiger partial charge is 0.397 e. The van der Waals surface area contributed by atoms with E-state index in [0.717, 1.165) is 29.3 Å². The van der Waals surface area contributed by atoms with E-state index in [2.05, 4.69) is 91.1 Å². The highest BCUT2D eigenvalue weighted by molar-refractivity contribution is 14.1. The molecule has 2 aromatic carbocycles. The number of nitrogens with one attached hydrogen (secondary N) is 1. The summed E-state index contributed by atoms with van der Waals surface area (Å²) in [7, 11) is 0. The number of rotatable bonds is 6. The molecule has 3 N–H and O–H groups in total. The fourth-order valence-electron chi connectivity index (χ4n) is 2.46. The zero-order chi connectivity index (χ0) is 16.1. The van der Waals surface area contributed by atoms with Crippen molar-refractivity contribution in [2.24, 2.45) is 5.92 Å². The van der Waals surface area contributed by atoms with Gasteiger partial charge in [-0.1, -0.05) is 32.0 Å². The first kappa shape index (κ1) is 17.1. The van der Waals surface area contributed by atoms with E-state index in [-0.39, 0.29) is 0 Å². The van der Waals surface area contributed by atoms with Gasteiger partial charge in [-0.25, -0.2) is 0 Å². The van der Waals surface area contributed by atoms with Crippen LogP contribution in [0, 0.1) is 9.49 Å². The number of halogens is 1. The molecular formula is C19H25IN2. The maximum atomic E-state index is 6.24. The van der Waals surface area contributed by atoms with Gasteiger partial charge in [-0.3, -0.25) is 0 Å². The zero-order valence-electron chi connectivity index (χ0n) is 13.6. The van der Waals surface area contributed by atoms with E-state index in [4.69, 9.17) is 5.73 Å². The summed E-state index contributed by atoms with van der Waals surface area (Å²) in [6, 6.07) is 15.2. The molecule has 0 amide bonds. The van der Waals surface area contributed by atoms with E-state index in [1.54, 1.807) is 0 Å². The van der Waals surface area contributed by atoms with Gasteiger partial charge in [0, 0.05) is 9.61 Å². The molecule has 0 aliphatic carbocycles. The van der Waals surface area contributed by atoms with E-state index in [0.29, 0.717) is 6.04 Å². The minimum atomic E-state index is 0.438. The predicted octanol–water partition coefficient (Wildman–Crippen LogP) is 5.78. The SMILES string of the molecule is CC(C)CC[C@H](C)Nc1ccc(-c2cccc(I)c2)cc1N. The van der Waals surface area contributed by atoms with Crippen LogP contribution in [0.3, 0.4) is 0 Å². The first-order chi connectivity index (χ1) is 10.5. The Kier molecular flexibility index (Phi) is 6.12. The van der Waals surface area contributed by atoms with Gasteiger partial charge < -0.3 is 11.1 Å². The Morgan fingerprint density at radius 1 is 1.00 bits per heavy atom. The third-order valence-corrected chi connectivity index (χ3v) is 4.46. The van der Waals surface area contributed by atoms with Gasteiger partial charge in [0.15, 0.2) is 0 Å². The van der Waals surface area contributed by atoms with Gasteiger partial charge >= 0.3 is 0 Å². The smallest absolute Gasteiger partial charge is 0.0576 e. The lowest BCUT2D eigenvalue weighted by Crippen LogP contribution is -2.16. The minimum Gasteiger partial charge on any atom is -0.397 e. The highest BCUT2D eigenvalue weighted by Gasteiger charge is 2.07. The average molecular weight is 408 g/mol. The van der Waals surface area contributed by atoms with Crippen molar-refractivity contribution in [2.45, 2.75) is 39.7 Å². The summed E-state index contributed by atoms with van der Waals surface area (Å²) < 4.78 is 1.23. The number of hydrogen-bond acceptors (Lipinski definition) is 2. The molecule has 0 fully saturated rings. The molecule has 2 aromatic rings. The number of anilines is 2. The summed E-state index contributed by atoms with van der Waals surface area (Å²) in [5.74, 6) is 0.740. The van der Waals surface area contributed by atoms with Gasteiger partial charge in [-0.05, 0) is 83.7 Å². The van der Waals surface area contributed by atoms with Crippen molar-refractivity contribution in [1.29, 1.82) is 0 Å². The molecule has 0 spiro atoms. The molecular weight excluding hydrogens is 383 g/mol. The van der Waals surface area contributed by atoms with E-state index < -0.39 is 0 Å². The third kappa shape index (κ3) is 4.90. The monoisotopic (exact) mass is 408 g/mol. The molecule has 0 unspecified atom stereocenters. The fraction of sp³-hybridized carbons (Fsp3) is 0.368. The Hall–Kier alpha value is -1.23. The lowest BCUT2D eigenvalue weighted by molar-refractivity contribution is 0.528. The topological polar surface area (TPSA) is 38.0 Å². The lowest BCUT2D eigenvalue weighted by atomic mass is 10.0. The van der Waals surface area contributed by atoms with Crippen LogP contribution in [0.5, 0.6) is 0 Å². The maximum Gasteiger partial charge on any atom is 0.0576 e. The summed E-state index contributed by atoms with van der Waals surface area (Å²) in [5.41, 5.74) is 10.5. The van der Waals surface area contributed by atoms with Crippen LogP contribution >= 0.6 is 22.6 Å². The van der Waals surface area contributed by atoms with E-state index in [1.165, 1.54) is 15.6 Å². The van der Waals surface area contributed by atoms with Crippen molar-refractivity contribution in [3.05, 3.63) is 46.0 Å². The molecule has 0 aromatic heterocycles. The van der Waals surface area contributed by atoms with Crippen molar-refractivity contribution < 1.29 is 0 Å². The highest BCUT2D eigenvalue weighted by Crippen LogP contribution is 2.28. The first-order valence-corrected chi connectivity index (χ1v) is 8.95. The highest BCUT2D eigenvalue weighted by atomic mass is 127. The van der Waals surface area contributed by atoms with Gasteiger partial charge in [-0.15, -0.1) is 0 Å². The lowest BCUT2D eigenvalue weighted by Gasteiger charge is -2.18. The summed E-state index contributed by atoms with van der Waals surface area (Å²) in [5, 5.41) is 3.53. The van der Waals surface area contributed by atoms with Gasteiger partial charge in [0.1, 0.15) is 0 Å². The Labute approximate surface area is 147 Å². The Morgan fingerprint density at radius 3 is 2.36 bits per heavy atom. The summed E-state index contributed by atoms with van der Waals surface area (Å²) >= 11 is 2.33. The van der Waals surface area contributed by atoms with Crippen LogP contribution in [0.2, 0.25) is 0 Å². The van der Waals surface area contributed by atoms with Crippen molar-refractivity contribution in [1.82, 2.24) is 0 Å². The molecule has 0 saturated heterocycles. The van der Waals surface area contributed by atoms with Crippen LogP contribution in [0.15, 0.2) is 42.5 Å². The molecule has 0 saturated carbocycles. The van der Waals surface area contributed by atoms with Crippen LogP contribution in [-0.4, -0.2) is 6.04 Å². The van der Waals surface area contributed by atoms with Crippen molar-refractivity contribution in [3.8, 4) is 11.1 Å². The molecule has 22 heavy (non-hydrogen) atoms. The summed E-state index contributed by atoms with van der Waals surface area (Å²) in [4.78, 5) is 0. The van der Waals surface area contributed by atoms with Crippen molar-refractivity contribution in [3.63, 3.8) is 0 Å². The second-order valence-electron chi connectivity index (χ2n) is 6.33.